The number of rotatable bonds is 11. The van der Waals surface area contributed by atoms with Crippen LogP contribution in [0, 0.1) is 0 Å². The number of carboxylic acid groups (broad SMARTS) is 4. The first-order valence-corrected chi connectivity index (χ1v) is 6.53. The van der Waals surface area contributed by atoms with Gasteiger partial charge in [-0.25, -0.2) is 19.2 Å². The van der Waals surface area contributed by atoms with E-state index in [1.807, 2.05) is 0 Å². The Kier molecular flexibility index (Phi) is 28.8. The minimum absolute atomic E-state index is 0. The maximum atomic E-state index is 11.5. The van der Waals surface area contributed by atoms with Crippen molar-refractivity contribution in [1.29, 1.82) is 0 Å². The first-order chi connectivity index (χ1) is 11.9. The van der Waals surface area contributed by atoms with Gasteiger partial charge in [0, 0.05) is 0 Å². The topological polar surface area (TPSA) is 242 Å². The second-order valence-corrected chi connectivity index (χ2v) is 4.61. The van der Waals surface area contributed by atoms with E-state index in [1.165, 1.54) is 0 Å². The molecular weight excluding hydrogens is 494 g/mol. The molecule has 0 aromatic carbocycles. The van der Waals surface area contributed by atoms with Crippen molar-refractivity contribution in [1.82, 2.24) is 0 Å². The van der Waals surface area contributed by atoms with Crippen molar-refractivity contribution in [2.75, 3.05) is 0 Å². The molecule has 0 aliphatic heterocycles. The van der Waals surface area contributed by atoms with Crippen LogP contribution >= 0.6 is 0 Å². The summed E-state index contributed by atoms with van der Waals surface area (Å²) in [4.78, 5) is 65.3. The number of aliphatic hydroxyl groups is 2. The Balaban J connectivity index is -0.0000000694. The van der Waals surface area contributed by atoms with Gasteiger partial charge in [0.1, 0.15) is 0 Å². The molecule has 30 heavy (non-hydrogen) atoms. The average Bonchev–Trinajstić information content (AvgIpc) is 2.50. The average molecular weight is 514 g/mol. The second kappa shape index (κ2) is 20.8. The standard InChI is InChI=1S/C12H14O14.2Ca.2Na.6H/c13-5(14)1-3(9(19)20)25-11(23)7(17)8(18)12(24)26-4(10(21)22)2-6(15)16;;;;;;;;;;/h3-4,7-8,17-18H,1-2H2,(H,13,14)(H,15,16)(H,19,20)(H,21,22);;;;;;;;;;/q;2*+2;2*+1;6*-1. The number of hydrogen-bond donors (Lipinski definition) is 6. The van der Waals surface area contributed by atoms with Crippen LogP contribution in [0.3, 0.4) is 0 Å². The van der Waals surface area contributed by atoms with E-state index in [-0.39, 0.29) is 143 Å². The third kappa shape index (κ3) is 16.8. The van der Waals surface area contributed by atoms with Crippen molar-refractivity contribution < 1.29 is 137 Å². The number of carbonyl (C=O) groups is 6. The van der Waals surface area contributed by atoms with Crippen LogP contribution in [0.5, 0.6) is 0 Å². The summed E-state index contributed by atoms with van der Waals surface area (Å²) in [6.45, 7) is 0. The number of aliphatic hydroxyl groups excluding tert-OH is 2. The third-order valence-corrected chi connectivity index (χ3v) is 2.57. The van der Waals surface area contributed by atoms with Crippen molar-refractivity contribution in [2.24, 2.45) is 0 Å². The molecule has 14 nitrogen and oxygen atoms in total. The Bertz CT molecular complexity index is 587. The summed E-state index contributed by atoms with van der Waals surface area (Å²) in [5, 5.41) is 53.1. The quantitative estimate of drug-likeness (QED) is 0.111. The number of esters is 2. The second-order valence-electron chi connectivity index (χ2n) is 4.61. The monoisotopic (exact) mass is 514 g/mol. The zero-order valence-electron chi connectivity index (χ0n) is 22.1. The minimum atomic E-state index is -2.75. The van der Waals surface area contributed by atoms with Gasteiger partial charge in [-0.3, -0.25) is 9.59 Å². The molecule has 0 bridgehead atoms. The van der Waals surface area contributed by atoms with Gasteiger partial charge < -0.3 is 48.7 Å². The minimum Gasteiger partial charge on any atom is -1.00 e. The van der Waals surface area contributed by atoms with Gasteiger partial charge in [-0.15, -0.1) is 0 Å². The van der Waals surface area contributed by atoms with E-state index in [0.29, 0.717) is 0 Å². The molecule has 0 fully saturated rings. The molecule has 0 aromatic heterocycles. The normalized spacial score (nSPS) is 13.0. The van der Waals surface area contributed by atoms with Gasteiger partial charge in [0.15, 0.2) is 12.2 Å². The van der Waals surface area contributed by atoms with E-state index < -0.39 is 73.1 Å². The van der Waals surface area contributed by atoms with Gasteiger partial charge in [-0.2, -0.15) is 0 Å². The summed E-state index contributed by atoms with van der Waals surface area (Å²) in [6.07, 6.45) is -12.4. The molecule has 6 N–H and O–H groups in total. The van der Waals surface area contributed by atoms with Crippen LogP contribution in [0.2, 0.25) is 0 Å². The van der Waals surface area contributed by atoms with Crippen LogP contribution in [-0.2, 0) is 38.2 Å². The zero-order chi connectivity index (χ0) is 20.6. The Hall–Kier alpha value is 1.26. The summed E-state index contributed by atoms with van der Waals surface area (Å²) in [7, 11) is 0. The maximum absolute atomic E-state index is 11.5. The Labute approximate surface area is 281 Å². The van der Waals surface area contributed by atoms with E-state index in [4.69, 9.17) is 20.4 Å². The molecule has 0 radical (unpaired) electrons. The van der Waals surface area contributed by atoms with E-state index >= 15 is 0 Å². The molecule has 0 rings (SSSR count). The van der Waals surface area contributed by atoms with Gasteiger partial charge in [-0.05, 0) is 0 Å². The fourth-order valence-electron chi connectivity index (χ4n) is 1.35. The van der Waals surface area contributed by atoms with E-state index in [9.17, 15) is 39.0 Å². The summed E-state index contributed by atoms with van der Waals surface area (Å²) in [6, 6.07) is 0. The number of hydrogen-bond acceptors (Lipinski definition) is 10. The molecule has 4 atom stereocenters. The molecule has 4 unspecified atom stereocenters. The first kappa shape index (κ1) is 41.5. The summed E-state index contributed by atoms with van der Waals surface area (Å²) < 4.78 is 8.25. The van der Waals surface area contributed by atoms with E-state index in [1.54, 1.807) is 0 Å². The predicted molar refractivity (Wildman–Crippen MR) is 89.7 cm³/mol. The van der Waals surface area contributed by atoms with E-state index in [2.05, 4.69) is 9.47 Å². The fraction of sp³-hybridized carbons (Fsp3) is 0.500. The zero-order valence-corrected chi connectivity index (χ0v) is 24.5. The van der Waals surface area contributed by atoms with Gasteiger partial charge in [-0.1, -0.05) is 0 Å². The van der Waals surface area contributed by atoms with E-state index in [0.717, 1.165) is 0 Å². The Morgan fingerprint density at radius 2 is 0.867 bits per heavy atom. The molecule has 158 valence electrons. The van der Waals surface area contributed by atoms with Crippen LogP contribution in [0.1, 0.15) is 21.4 Å². The fourth-order valence-corrected chi connectivity index (χ4v) is 1.35. The largest absolute Gasteiger partial charge is 2.00 e. The van der Waals surface area contributed by atoms with Crippen molar-refractivity contribution >= 4 is 111 Å². The summed E-state index contributed by atoms with van der Waals surface area (Å²) >= 11 is 0. The third-order valence-electron chi connectivity index (χ3n) is 2.57. The van der Waals surface area contributed by atoms with Crippen LogP contribution in [0.15, 0.2) is 0 Å². The SMILES string of the molecule is O=C(O)CC(OC(=O)C(O)C(O)C(=O)OC(CC(=O)O)C(=O)O)C(=O)O.[Ca+2].[Ca+2].[H-].[H-].[H-].[H-].[H-].[H-].[Na+].[Na+]. The molecular formula is C12H20Ca2Na2O14. The number of aliphatic carboxylic acids is 4. The van der Waals surface area contributed by atoms with Crippen LogP contribution in [0.25, 0.3) is 0 Å². The number of ether oxygens (including phenoxy) is 2. The van der Waals surface area contributed by atoms with Gasteiger partial charge in [0.05, 0.1) is 12.8 Å². The van der Waals surface area contributed by atoms with Gasteiger partial charge in [0.2, 0.25) is 12.2 Å². The summed E-state index contributed by atoms with van der Waals surface area (Å²) in [5.74, 6) is -10.9. The predicted octanol–water partition coefficient (Wildman–Crippen LogP) is -9.43. The van der Waals surface area contributed by atoms with Crippen molar-refractivity contribution in [3.8, 4) is 0 Å². The van der Waals surface area contributed by atoms with Crippen molar-refractivity contribution in [2.45, 2.75) is 37.3 Å². The first-order valence-electron chi connectivity index (χ1n) is 6.53. The Morgan fingerprint density at radius 1 is 0.633 bits per heavy atom. The van der Waals surface area contributed by atoms with Crippen molar-refractivity contribution in [3.05, 3.63) is 0 Å². The molecule has 0 heterocycles. The molecule has 0 amide bonds. The molecule has 18 heteroatoms. The molecule has 0 aliphatic rings. The molecule has 0 spiro atoms. The van der Waals surface area contributed by atoms with Gasteiger partial charge >= 0.3 is 170 Å². The molecule has 0 saturated heterocycles. The van der Waals surface area contributed by atoms with Gasteiger partial charge in [0.25, 0.3) is 0 Å². The summed E-state index contributed by atoms with van der Waals surface area (Å²) in [5.41, 5.74) is 0. The smallest absolute Gasteiger partial charge is 1.00 e. The molecule has 0 saturated carbocycles. The Morgan fingerprint density at radius 3 is 1.03 bits per heavy atom. The number of carboxylic acids is 4. The molecule has 0 aliphatic carbocycles. The number of carbonyl (C=O) groups excluding carboxylic acids is 2. The maximum Gasteiger partial charge on any atom is 2.00 e. The molecule has 0 aromatic rings. The van der Waals surface area contributed by atoms with Crippen LogP contribution in [-0.4, -0.2) is 166 Å². The van der Waals surface area contributed by atoms with Crippen LogP contribution in [0.4, 0.5) is 0 Å². The van der Waals surface area contributed by atoms with Crippen molar-refractivity contribution in [3.63, 3.8) is 0 Å². The van der Waals surface area contributed by atoms with Crippen LogP contribution < -0.4 is 59.1 Å².